The van der Waals surface area contributed by atoms with Crippen LogP contribution in [0.3, 0.4) is 0 Å². The number of aromatic amines is 1. The highest BCUT2D eigenvalue weighted by molar-refractivity contribution is 5.85. The monoisotopic (exact) mass is 354 g/mol. The number of aromatic nitrogens is 5. The highest BCUT2D eigenvalue weighted by atomic mass is 15.2. The molecule has 6 heteroatoms. The van der Waals surface area contributed by atoms with Crippen LogP contribution in [0.2, 0.25) is 0 Å². The van der Waals surface area contributed by atoms with Crippen molar-refractivity contribution in [2.24, 2.45) is 0 Å². The molecule has 0 fully saturated rings. The molecule has 0 aliphatic rings. The predicted octanol–water partition coefficient (Wildman–Crippen LogP) is 4.47. The summed E-state index contributed by atoms with van der Waals surface area (Å²) >= 11 is 0. The number of nitrogens with one attached hydrogen (secondary N) is 2. The number of fused-ring (bicyclic) bond motifs is 2. The van der Waals surface area contributed by atoms with Gasteiger partial charge in [-0.15, -0.1) is 0 Å². The van der Waals surface area contributed by atoms with Gasteiger partial charge in [-0.2, -0.15) is 0 Å². The summed E-state index contributed by atoms with van der Waals surface area (Å²) in [7, 11) is 0. The average molecular weight is 354 g/mol. The Balaban J connectivity index is 1.63. The van der Waals surface area contributed by atoms with Crippen molar-refractivity contribution in [1.29, 1.82) is 0 Å². The first-order valence-corrected chi connectivity index (χ1v) is 8.89. The molecule has 0 radical (unpaired) electrons. The Hall–Kier alpha value is -3.67. The van der Waals surface area contributed by atoms with E-state index in [2.05, 4.69) is 50.0 Å². The number of nitrogens with zero attached hydrogens (tertiary/aromatic N) is 4. The van der Waals surface area contributed by atoms with Gasteiger partial charge in [0, 0.05) is 11.9 Å². The van der Waals surface area contributed by atoms with Crippen LogP contribution in [0.15, 0.2) is 73.2 Å². The van der Waals surface area contributed by atoms with E-state index in [1.807, 2.05) is 48.7 Å². The van der Waals surface area contributed by atoms with E-state index in [0.29, 0.717) is 0 Å². The van der Waals surface area contributed by atoms with E-state index in [0.717, 1.165) is 39.4 Å². The van der Waals surface area contributed by atoms with Crippen molar-refractivity contribution in [3.8, 4) is 5.69 Å². The van der Waals surface area contributed by atoms with Crippen LogP contribution in [0.4, 0.5) is 5.82 Å². The smallest absolute Gasteiger partial charge is 0.154 e. The number of para-hydroxylation sites is 3. The molecule has 27 heavy (non-hydrogen) atoms. The van der Waals surface area contributed by atoms with Crippen molar-refractivity contribution in [3.05, 3.63) is 79.0 Å². The Morgan fingerprint density at radius 1 is 0.926 bits per heavy atom. The first-order valence-electron chi connectivity index (χ1n) is 8.89. The summed E-state index contributed by atoms with van der Waals surface area (Å²) in [6.45, 7) is 2.09. The normalized spacial score (nSPS) is 12.5. The molecule has 3 aromatic heterocycles. The molecule has 3 heterocycles. The Kier molecular flexibility index (Phi) is 3.60. The highest BCUT2D eigenvalue weighted by Gasteiger charge is 2.19. The fourth-order valence-corrected chi connectivity index (χ4v) is 3.43. The molecule has 0 bridgehead atoms. The second-order valence-corrected chi connectivity index (χ2v) is 6.46. The molecule has 0 spiro atoms. The van der Waals surface area contributed by atoms with Crippen LogP contribution in [0.5, 0.6) is 0 Å². The molecule has 2 N–H and O–H groups in total. The van der Waals surface area contributed by atoms with Gasteiger partial charge < -0.3 is 10.3 Å². The summed E-state index contributed by atoms with van der Waals surface area (Å²) in [4.78, 5) is 16.8. The molecule has 0 saturated heterocycles. The van der Waals surface area contributed by atoms with Gasteiger partial charge in [-0.1, -0.05) is 30.3 Å². The molecule has 1 unspecified atom stereocenters. The van der Waals surface area contributed by atoms with Gasteiger partial charge in [0.05, 0.1) is 22.6 Å². The fourth-order valence-electron chi connectivity index (χ4n) is 3.43. The summed E-state index contributed by atoms with van der Waals surface area (Å²) in [6.07, 6.45) is 3.44. The van der Waals surface area contributed by atoms with Crippen LogP contribution >= 0.6 is 0 Å². The Morgan fingerprint density at radius 3 is 2.63 bits per heavy atom. The number of benzene rings is 2. The van der Waals surface area contributed by atoms with E-state index in [1.165, 1.54) is 0 Å². The van der Waals surface area contributed by atoms with Crippen molar-refractivity contribution in [2.75, 3.05) is 5.32 Å². The van der Waals surface area contributed by atoms with Gasteiger partial charge >= 0.3 is 0 Å². The predicted molar refractivity (Wildman–Crippen MR) is 107 cm³/mol. The molecule has 132 valence electrons. The second kappa shape index (κ2) is 6.25. The van der Waals surface area contributed by atoms with Crippen LogP contribution < -0.4 is 5.32 Å². The first kappa shape index (κ1) is 15.6. The molecule has 1 atom stereocenters. The topological polar surface area (TPSA) is 71.4 Å². The van der Waals surface area contributed by atoms with Crippen molar-refractivity contribution < 1.29 is 0 Å². The Morgan fingerprint density at radius 2 is 1.74 bits per heavy atom. The van der Waals surface area contributed by atoms with Crippen LogP contribution in [0.25, 0.3) is 27.8 Å². The molecule has 6 nitrogen and oxygen atoms in total. The largest absolute Gasteiger partial charge is 0.359 e. The maximum atomic E-state index is 4.90. The quantitative estimate of drug-likeness (QED) is 0.499. The van der Waals surface area contributed by atoms with Crippen molar-refractivity contribution in [2.45, 2.75) is 13.0 Å². The van der Waals surface area contributed by atoms with Crippen molar-refractivity contribution >= 4 is 27.9 Å². The third-order valence-corrected chi connectivity index (χ3v) is 4.69. The number of hydrogen-bond acceptors (Lipinski definition) is 4. The zero-order valence-electron chi connectivity index (χ0n) is 14.8. The number of anilines is 1. The molecule has 0 aliphatic heterocycles. The highest BCUT2D eigenvalue weighted by Crippen LogP contribution is 2.28. The summed E-state index contributed by atoms with van der Waals surface area (Å²) in [5.74, 6) is 1.70. The van der Waals surface area contributed by atoms with Gasteiger partial charge in [0.1, 0.15) is 17.7 Å². The van der Waals surface area contributed by atoms with Crippen LogP contribution in [-0.2, 0) is 0 Å². The molecule has 5 aromatic rings. The third kappa shape index (κ3) is 2.62. The summed E-state index contributed by atoms with van der Waals surface area (Å²) in [5, 5.41) is 3.49. The molecule has 5 rings (SSSR count). The third-order valence-electron chi connectivity index (χ3n) is 4.69. The van der Waals surface area contributed by atoms with Crippen LogP contribution in [0, 0.1) is 0 Å². The van der Waals surface area contributed by atoms with Gasteiger partial charge in [-0.3, -0.25) is 4.57 Å². The van der Waals surface area contributed by atoms with Gasteiger partial charge in [0.25, 0.3) is 0 Å². The molecule has 0 amide bonds. The number of H-pyrrole nitrogens is 1. The number of hydrogen-bond donors (Lipinski definition) is 2. The zero-order chi connectivity index (χ0) is 18.2. The van der Waals surface area contributed by atoms with E-state index < -0.39 is 0 Å². The lowest BCUT2D eigenvalue weighted by molar-refractivity contribution is 0.769. The first-order chi connectivity index (χ1) is 13.3. The molecular formula is C21H18N6. The average Bonchev–Trinajstić information content (AvgIpc) is 3.34. The van der Waals surface area contributed by atoms with E-state index in [-0.39, 0.29) is 6.04 Å². The summed E-state index contributed by atoms with van der Waals surface area (Å²) < 4.78 is 2.19. The zero-order valence-corrected chi connectivity index (χ0v) is 14.8. The van der Waals surface area contributed by atoms with E-state index >= 15 is 0 Å². The Labute approximate surface area is 155 Å². The molecule has 0 saturated carbocycles. The fraction of sp³-hybridized carbons (Fsp3) is 0.0952. The molecule has 0 aliphatic carbocycles. The minimum atomic E-state index is -0.0565. The van der Waals surface area contributed by atoms with E-state index in [9.17, 15) is 0 Å². The van der Waals surface area contributed by atoms with Crippen molar-refractivity contribution in [3.63, 3.8) is 0 Å². The van der Waals surface area contributed by atoms with E-state index in [4.69, 9.17) is 4.98 Å². The lowest BCUT2D eigenvalue weighted by atomic mass is 10.2. The maximum Gasteiger partial charge on any atom is 0.154 e. The molecular weight excluding hydrogens is 336 g/mol. The summed E-state index contributed by atoms with van der Waals surface area (Å²) in [6, 6.07) is 20.4. The van der Waals surface area contributed by atoms with Crippen molar-refractivity contribution in [1.82, 2.24) is 24.5 Å². The Bertz CT molecular complexity index is 1220. The van der Waals surface area contributed by atoms with E-state index in [1.54, 1.807) is 6.33 Å². The summed E-state index contributed by atoms with van der Waals surface area (Å²) in [5.41, 5.74) is 4.92. The standard InChI is InChI=1S/C21H18N6/c1-14(25-20-19-17(11-12-22-19)23-13-24-20)21-26-16-9-5-6-10-18(16)27(21)15-7-3-2-4-8-15/h2-14,22H,1H3,(H,23,24,25). The number of imidazole rings is 1. The van der Waals surface area contributed by atoms with Gasteiger partial charge in [-0.05, 0) is 37.3 Å². The second-order valence-electron chi connectivity index (χ2n) is 6.46. The lowest BCUT2D eigenvalue weighted by Crippen LogP contribution is -2.14. The van der Waals surface area contributed by atoms with Crippen LogP contribution in [-0.4, -0.2) is 24.5 Å². The molecule has 2 aromatic carbocycles. The lowest BCUT2D eigenvalue weighted by Gasteiger charge is -2.17. The maximum absolute atomic E-state index is 4.90. The number of rotatable bonds is 4. The van der Waals surface area contributed by atoms with Gasteiger partial charge in [0.2, 0.25) is 0 Å². The SMILES string of the molecule is CC(Nc1ncnc2cc[nH]c12)c1nc2ccccc2n1-c1ccccc1. The minimum Gasteiger partial charge on any atom is -0.359 e. The van der Waals surface area contributed by atoms with Gasteiger partial charge in [-0.25, -0.2) is 15.0 Å². The minimum absolute atomic E-state index is 0.0565. The van der Waals surface area contributed by atoms with Gasteiger partial charge in [0.15, 0.2) is 5.82 Å². The van der Waals surface area contributed by atoms with Crippen LogP contribution in [0.1, 0.15) is 18.8 Å².